The number of thiophene rings is 1. The number of anilines is 1. The number of urea groups is 1. The molecule has 7 heteroatoms. The lowest BCUT2D eigenvalue weighted by Gasteiger charge is -2.21. The van der Waals surface area contributed by atoms with Gasteiger partial charge in [-0.3, -0.25) is 0 Å². The van der Waals surface area contributed by atoms with Crippen molar-refractivity contribution in [1.82, 2.24) is 5.32 Å². The Morgan fingerprint density at radius 2 is 1.83 bits per heavy atom. The monoisotopic (exact) mass is 348 g/mol. The molecule has 1 heterocycles. The molecule has 6 nitrogen and oxygen atoms in total. The normalized spacial score (nSPS) is 11.0. The summed E-state index contributed by atoms with van der Waals surface area (Å²) < 4.78 is 5.73. The molecule has 2 amide bonds. The molecule has 0 bridgehead atoms. The van der Waals surface area contributed by atoms with Gasteiger partial charge in [0.05, 0.1) is 5.69 Å². The molecule has 0 aliphatic heterocycles. The number of carbonyl (C=O) groups excluding carboxylic acids is 1. The first-order valence-electron chi connectivity index (χ1n) is 7.38. The molecule has 2 rings (SSSR count). The molecule has 3 N–H and O–H groups in total. The number of hydrogen-bond acceptors (Lipinski definition) is 4. The molecule has 0 spiro atoms. The van der Waals surface area contributed by atoms with E-state index in [1.807, 2.05) is 45.0 Å². The van der Waals surface area contributed by atoms with Crippen LogP contribution in [0.1, 0.15) is 36.0 Å². The minimum Gasteiger partial charge on any atom is -0.488 e. The number of nitrogens with one attached hydrogen (secondary N) is 2. The molecule has 2 aromatic rings. The number of ether oxygens (including phenoxy) is 1. The number of carboxylic acid groups (broad SMARTS) is 1. The van der Waals surface area contributed by atoms with Crippen molar-refractivity contribution in [3.63, 3.8) is 0 Å². The van der Waals surface area contributed by atoms with E-state index in [1.54, 1.807) is 11.4 Å². The van der Waals surface area contributed by atoms with Crippen molar-refractivity contribution < 1.29 is 19.4 Å². The summed E-state index contributed by atoms with van der Waals surface area (Å²) in [4.78, 5) is 23.0. The molecule has 0 unspecified atom stereocenters. The molecule has 0 aliphatic carbocycles. The van der Waals surface area contributed by atoms with Gasteiger partial charge < -0.3 is 20.5 Å². The van der Waals surface area contributed by atoms with E-state index in [4.69, 9.17) is 9.84 Å². The molecule has 128 valence electrons. The van der Waals surface area contributed by atoms with E-state index in [-0.39, 0.29) is 10.5 Å². The second-order valence-electron chi connectivity index (χ2n) is 6.13. The van der Waals surface area contributed by atoms with Crippen LogP contribution < -0.4 is 15.4 Å². The number of benzene rings is 1. The molecule has 0 saturated heterocycles. The third-order valence-electron chi connectivity index (χ3n) is 2.91. The van der Waals surface area contributed by atoms with Gasteiger partial charge in [-0.25, -0.2) is 9.59 Å². The van der Waals surface area contributed by atoms with E-state index in [0.29, 0.717) is 12.2 Å². The third kappa shape index (κ3) is 5.27. The molecule has 0 radical (unpaired) electrons. The summed E-state index contributed by atoms with van der Waals surface area (Å²) in [7, 11) is 0. The minimum atomic E-state index is -1.06. The number of aromatic carboxylic acids is 1. The Morgan fingerprint density at radius 1 is 1.17 bits per heavy atom. The fraction of sp³-hybridized carbons (Fsp3) is 0.294. The zero-order chi connectivity index (χ0) is 17.7. The molecule has 0 saturated carbocycles. The van der Waals surface area contributed by atoms with Crippen molar-refractivity contribution in [2.75, 3.05) is 5.32 Å². The number of rotatable bonds is 5. The molecule has 0 fully saturated rings. The predicted molar refractivity (Wildman–Crippen MR) is 94.0 cm³/mol. The average Bonchev–Trinajstić information content (AvgIpc) is 2.93. The Balaban J connectivity index is 1.87. The number of hydrogen-bond donors (Lipinski definition) is 3. The summed E-state index contributed by atoms with van der Waals surface area (Å²) in [6.45, 7) is 6.25. The van der Waals surface area contributed by atoms with Crippen molar-refractivity contribution in [1.29, 1.82) is 0 Å². The van der Waals surface area contributed by atoms with Gasteiger partial charge in [0.2, 0.25) is 0 Å². The van der Waals surface area contributed by atoms with E-state index in [0.717, 1.165) is 22.6 Å². The van der Waals surface area contributed by atoms with Crippen LogP contribution in [0.4, 0.5) is 10.5 Å². The molecule has 0 atom stereocenters. The molecule has 1 aromatic heterocycles. The first kappa shape index (κ1) is 17.8. The maximum Gasteiger partial charge on any atom is 0.348 e. The van der Waals surface area contributed by atoms with Gasteiger partial charge in [-0.2, -0.15) is 0 Å². The number of carboxylic acids is 1. The van der Waals surface area contributed by atoms with Gasteiger partial charge in [0.25, 0.3) is 0 Å². The SMILES string of the molecule is CC(C)(C)Oc1ccc(CNC(=O)Nc2ccsc2C(=O)O)cc1. The molecule has 1 aromatic carbocycles. The highest BCUT2D eigenvalue weighted by Gasteiger charge is 2.14. The Hall–Kier alpha value is -2.54. The lowest BCUT2D eigenvalue weighted by Crippen LogP contribution is -2.28. The average molecular weight is 348 g/mol. The first-order chi connectivity index (χ1) is 11.2. The highest BCUT2D eigenvalue weighted by molar-refractivity contribution is 7.12. The van der Waals surface area contributed by atoms with Gasteiger partial charge in [0, 0.05) is 6.54 Å². The summed E-state index contributed by atoms with van der Waals surface area (Å²) in [5.74, 6) is -0.296. The van der Waals surface area contributed by atoms with Crippen LogP contribution in [0.2, 0.25) is 0 Å². The molecular formula is C17H20N2O4S. The predicted octanol–water partition coefficient (Wildman–Crippen LogP) is 3.95. The second kappa shape index (κ2) is 7.35. The van der Waals surface area contributed by atoms with Crippen LogP contribution in [-0.2, 0) is 6.54 Å². The van der Waals surface area contributed by atoms with E-state index in [9.17, 15) is 9.59 Å². The van der Waals surface area contributed by atoms with Crippen molar-refractivity contribution >= 4 is 29.0 Å². The zero-order valence-electron chi connectivity index (χ0n) is 13.8. The van der Waals surface area contributed by atoms with Crippen molar-refractivity contribution in [2.45, 2.75) is 32.9 Å². The summed E-state index contributed by atoms with van der Waals surface area (Å²) in [6, 6.07) is 8.55. The largest absolute Gasteiger partial charge is 0.488 e. The summed E-state index contributed by atoms with van der Waals surface area (Å²) in [5.41, 5.74) is 0.941. The van der Waals surface area contributed by atoms with Gasteiger partial charge in [0.15, 0.2) is 0 Å². The lowest BCUT2D eigenvalue weighted by molar-refractivity contribution is 0.0703. The van der Waals surface area contributed by atoms with Gasteiger partial charge in [-0.15, -0.1) is 11.3 Å². The Kier molecular flexibility index (Phi) is 5.46. The topological polar surface area (TPSA) is 87.7 Å². The van der Waals surface area contributed by atoms with Crippen LogP contribution >= 0.6 is 11.3 Å². The van der Waals surface area contributed by atoms with Crippen LogP contribution in [0.25, 0.3) is 0 Å². The quantitative estimate of drug-likeness (QED) is 0.763. The first-order valence-corrected chi connectivity index (χ1v) is 8.26. The summed E-state index contributed by atoms with van der Waals surface area (Å²) >= 11 is 1.06. The highest BCUT2D eigenvalue weighted by atomic mass is 32.1. The van der Waals surface area contributed by atoms with Crippen molar-refractivity contribution in [3.8, 4) is 5.75 Å². The van der Waals surface area contributed by atoms with E-state index < -0.39 is 12.0 Å². The van der Waals surface area contributed by atoms with Gasteiger partial charge in [-0.05, 0) is 49.9 Å². The number of carbonyl (C=O) groups is 2. The summed E-state index contributed by atoms with van der Waals surface area (Å²) in [6.07, 6.45) is 0. The minimum absolute atomic E-state index is 0.105. The van der Waals surface area contributed by atoms with Gasteiger partial charge in [-0.1, -0.05) is 12.1 Å². The Morgan fingerprint density at radius 3 is 2.42 bits per heavy atom. The third-order valence-corrected chi connectivity index (χ3v) is 3.81. The Labute approximate surface area is 144 Å². The maximum absolute atomic E-state index is 11.9. The van der Waals surface area contributed by atoms with E-state index in [2.05, 4.69) is 10.6 Å². The second-order valence-corrected chi connectivity index (χ2v) is 7.05. The maximum atomic E-state index is 11.9. The molecule has 24 heavy (non-hydrogen) atoms. The van der Waals surface area contributed by atoms with Gasteiger partial charge >= 0.3 is 12.0 Å². The highest BCUT2D eigenvalue weighted by Crippen LogP contribution is 2.22. The smallest absolute Gasteiger partial charge is 0.348 e. The fourth-order valence-corrected chi connectivity index (χ4v) is 2.64. The van der Waals surface area contributed by atoms with E-state index >= 15 is 0 Å². The standard InChI is InChI=1S/C17H20N2O4S/c1-17(2,3)23-12-6-4-11(5-7-12)10-18-16(22)19-13-8-9-24-14(13)15(20)21/h4-9H,10H2,1-3H3,(H,20,21)(H2,18,19,22). The van der Waals surface area contributed by atoms with Crippen LogP contribution in [0.5, 0.6) is 5.75 Å². The van der Waals surface area contributed by atoms with E-state index in [1.165, 1.54) is 0 Å². The van der Waals surface area contributed by atoms with Crippen molar-refractivity contribution in [2.24, 2.45) is 0 Å². The number of amides is 2. The van der Waals surface area contributed by atoms with Crippen LogP contribution in [0, 0.1) is 0 Å². The fourth-order valence-electron chi connectivity index (χ4n) is 1.95. The molecular weight excluding hydrogens is 328 g/mol. The van der Waals surface area contributed by atoms with Crippen LogP contribution in [0.3, 0.4) is 0 Å². The van der Waals surface area contributed by atoms with Gasteiger partial charge in [0.1, 0.15) is 16.2 Å². The lowest BCUT2D eigenvalue weighted by atomic mass is 10.1. The molecule has 0 aliphatic rings. The summed E-state index contributed by atoms with van der Waals surface area (Å²) in [5, 5.41) is 15.9. The van der Waals surface area contributed by atoms with Crippen LogP contribution in [0.15, 0.2) is 35.7 Å². The van der Waals surface area contributed by atoms with Crippen molar-refractivity contribution in [3.05, 3.63) is 46.2 Å². The van der Waals surface area contributed by atoms with Crippen LogP contribution in [-0.4, -0.2) is 22.7 Å². The Bertz CT molecular complexity index is 717. The zero-order valence-corrected chi connectivity index (χ0v) is 14.6.